The summed E-state index contributed by atoms with van der Waals surface area (Å²) in [6.07, 6.45) is 3.80. The number of ether oxygens (including phenoxy) is 2. The zero-order valence-corrected chi connectivity index (χ0v) is 22.6. The predicted octanol–water partition coefficient (Wildman–Crippen LogP) is 1.33. The van der Waals surface area contributed by atoms with Gasteiger partial charge in [0.25, 0.3) is 5.91 Å². The molecule has 0 unspecified atom stereocenters. The zero-order chi connectivity index (χ0) is 28.3. The summed E-state index contributed by atoms with van der Waals surface area (Å²) < 4.78 is 39.2. The molecule has 2 fully saturated rings. The van der Waals surface area contributed by atoms with Gasteiger partial charge in [-0.05, 0) is 49.2 Å². The van der Waals surface area contributed by atoms with Gasteiger partial charge < -0.3 is 19.5 Å². The van der Waals surface area contributed by atoms with E-state index in [2.05, 4.69) is 4.72 Å². The van der Waals surface area contributed by atoms with E-state index in [9.17, 15) is 27.9 Å². The number of carbonyl (C=O) groups excluding carboxylic acids is 3. The molecular formula is C28H31N3O8S. The molecule has 2 aromatic carbocycles. The van der Waals surface area contributed by atoms with E-state index in [1.54, 1.807) is 35.2 Å². The van der Waals surface area contributed by atoms with Crippen LogP contribution in [0.1, 0.15) is 23.2 Å². The normalized spacial score (nSPS) is 21.8. The number of allylic oxidation sites excluding steroid dienone is 2. The molecule has 11 nitrogen and oxygen atoms in total. The van der Waals surface area contributed by atoms with Gasteiger partial charge >= 0.3 is 0 Å². The van der Waals surface area contributed by atoms with Crippen molar-refractivity contribution in [1.82, 2.24) is 9.62 Å². The Bertz CT molecular complexity index is 1380. The van der Waals surface area contributed by atoms with Gasteiger partial charge in [-0.15, -0.1) is 0 Å². The standard InChI is InChI=1S/C28H31N3O8S/c32-20(17-29-40(36,37)25-8-4-3-7-24(25)26(33)30-13-15-38-16-14-30)18-39-21-11-9-19(10-12-21)31-27(34)22-5-1-2-6-23(22)28(31)35/h1-4,7-12,20,22-23,29,32H,5-6,13-18H2/t20-,22+,23+/m1/s1. The second-order valence-corrected chi connectivity index (χ2v) is 11.6. The van der Waals surface area contributed by atoms with Gasteiger partial charge in [-0.1, -0.05) is 24.3 Å². The van der Waals surface area contributed by atoms with E-state index in [-0.39, 0.29) is 47.3 Å². The van der Waals surface area contributed by atoms with E-state index >= 15 is 0 Å². The van der Waals surface area contributed by atoms with Gasteiger partial charge in [-0.2, -0.15) is 0 Å². The van der Waals surface area contributed by atoms with Crippen LogP contribution in [0.15, 0.2) is 65.6 Å². The second-order valence-electron chi connectivity index (χ2n) is 9.88. The molecule has 3 aliphatic rings. The van der Waals surface area contributed by atoms with E-state index < -0.39 is 22.0 Å². The summed E-state index contributed by atoms with van der Waals surface area (Å²) in [6.45, 7) is 0.978. The van der Waals surface area contributed by atoms with Crippen LogP contribution in [0, 0.1) is 11.8 Å². The molecule has 0 radical (unpaired) electrons. The van der Waals surface area contributed by atoms with Crippen LogP contribution >= 0.6 is 0 Å². The number of morpholine rings is 1. The van der Waals surface area contributed by atoms with E-state index in [1.165, 1.54) is 23.1 Å². The fourth-order valence-electron chi connectivity index (χ4n) is 5.10. The lowest BCUT2D eigenvalue weighted by molar-refractivity contribution is -0.122. The first-order chi connectivity index (χ1) is 19.3. The molecule has 1 aliphatic carbocycles. The van der Waals surface area contributed by atoms with Crippen LogP contribution in [0.5, 0.6) is 5.75 Å². The molecule has 3 atom stereocenters. The van der Waals surface area contributed by atoms with Crippen LogP contribution in [-0.2, 0) is 24.3 Å². The first-order valence-corrected chi connectivity index (χ1v) is 14.6. The van der Waals surface area contributed by atoms with Crippen molar-refractivity contribution in [2.24, 2.45) is 11.8 Å². The van der Waals surface area contributed by atoms with Crippen molar-refractivity contribution in [3.63, 3.8) is 0 Å². The number of benzene rings is 2. The summed E-state index contributed by atoms with van der Waals surface area (Å²) in [5.41, 5.74) is 0.503. The van der Waals surface area contributed by atoms with Gasteiger partial charge in [-0.3, -0.25) is 19.3 Å². The third kappa shape index (κ3) is 5.80. The van der Waals surface area contributed by atoms with Crippen molar-refractivity contribution < 1.29 is 37.4 Å². The molecule has 2 N–H and O–H groups in total. The van der Waals surface area contributed by atoms with Gasteiger partial charge in [-0.25, -0.2) is 13.1 Å². The average molecular weight is 570 g/mol. The monoisotopic (exact) mass is 569 g/mol. The Kier molecular flexibility index (Phi) is 8.31. The first kappa shape index (κ1) is 28.0. The zero-order valence-electron chi connectivity index (χ0n) is 21.8. The Morgan fingerprint density at radius 1 is 1.00 bits per heavy atom. The molecule has 5 rings (SSSR count). The molecule has 0 bridgehead atoms. The SMILES string of the molecule is O=C(c1ccccc1S(=O)(=O)NC[C@@H](O)COc1ccc(N2C(=O)[C@H]3CC=CC[C@@H]3C2=O)cc1)N1CCOCC1. The van der Waals surface area contributed by atoms with Crippen molar-refractivity contribution in [2.45, 2.75) is 23.8 Å². The highest BCUT2D eigenvalue weighted by Crippen LogP contribution is 2.38. The molecule has 0 saturated carbocycles. The minimum absolute atomic E-state index is 0.0493. The maximum atomic E-state index is 13.0. The Balaban J connectivity index is 1.15. The average Bonchev–Trinajstić information content (AvgIpc) is 3.24. The molecule has 3 amide bonds. The van der Waals surface area contributed by atoms with Gasteiger partial charge in [0.05, 0.1) is 41.2 Å². The van der Waals surface area contributed by atoms with Gasteiger partial charge in [0.15, 0.2) is 0 Å². The molecule has 2 aromatic rings. The smallest absolute Gasteiger partial charge is 0.255 e. The minimum atomic E-state index is -4.11. The maximum absolute atomic E-state index is 13.0. The predicted molar refractivity (Wildman–Crippen MR) is 144 cm³/mol. The number of hydrogen-bond acceptors (Lipinski definition) is 8. The highest BCUT2D eigenvalue weighted by atomic mass is 32.2. The number of aliphatic hydroxyl groups excluding tert-OH is 1. The van der Waals surface area contributed by atoms with Crippen LogP contribution in [0.25, 0.3) is 0 Å². The third-order valence-corrected chi connectivity index (χ3v) is 8.74. The van der Waals surface area contributed by atoms with Crippen molar-refractivity contribution in [2.75, 3.05) is 44.4 Å². The van der Waals surface area contributed by atoms with Gasteiger partial charge in [0.2, 0.25) is 21.8 Å². The minimum Gasteiger partial charge on any atom is -0.491 e. The quantitative estimate of drug-likeness (QED) is 0.340. The fourth-order valence-corrected chi connectivity index (χ4v) is 6.37. The summed E-state index contributed by atoms with van der Waals surface area (Å²) in [5, 5.41) is 10.4. The molecule has 2 heterocycles. The Morgan fingerprint density at radius 3 is 2.27 bits per heavy atom. The summed E-state index contributed by atoms with van der Waals surface area (Å²) in [4.78, 5) is 41.1. The maximum Gasteiger partial charge on any atom is 0.255 e. The van der Waals surface area contributed by atoms with Gasteiger partial charge in [0.1, 0.15) is 18.5 Å². The van der Waals surface area contributed by atoms with Crippen molar-refractivity contribution >= 4 is 33.4 Å². The number of rotatable bonds is 9. The topological polar surface area (TPSA) is 143 Å². The molecule has 0 spiro atoms. The number of carbonyl (C=O) groups is 3. The van der Waals surface area contributed by atoms with Crippen LogP contribution in [0.3, 0.4) is 0 Å². The largest absolute Gasteiger partial charge is 0.491 e. The van der Waals surface area contributed by atoms with E-state index in [4.69, 9.17) is 9.47 Å². The molecule has 212 valence electrons. The lowest BCUT2D eigenvalue weighted by atomic mass is 9.85. The summed E-state index contributed by atoms with van der Waals surface area (Å²) in [6, 6.07) is 12.3. The Hall–Kier alpha value is -3.58. The Labute approximate surface area is 232 Å². The van der Waals surface area contributed by atoms with Crippen molar-refractivity contribution in [1.29, 1.82) is 0 Å². The number of aliphatic hydroxyl groups is 1. The summed E-state index contributed by atoms with van der Waals surface area (Å²) in [5.74, 6) is -1.07. The van der Waals surface area contributed by atoms with E-state index in [0.29, 0.717) is 50.6 Å². The number of hydrogen-bond donors (Lipinski definition) is 2. The molecule has 2 aliphatic heterocycles. The molecule has 40 heavy (non-hydrogen) atoms. The lowest BCUT2D eigenvalue weighted by Gasteiger charge is -2.27. The molecular weight excluding hydrogens is 538 g/mol. The summed E-state index contributed by atoms with van der Waals surface area (Å²) in [7, 11) is -4.11. The number of imide groups is 1. The lowest BCUT2D eigenvalue weighted by Crippen LogP contribution is -2.42. The molecule has 12 heteroatoms. The van der Waals surface area contributed by atoms with E-state index in [1.807, 2.05) is 12.2 Å². The van der Waals surface area contributed by atoms with Crippen molar-refractivity contribution in [3.8, 4) is 5.75 Å². The van der Waals surface area contributed by atoms with E-state index in [0.717, 1.165) is 0 Å². The molecule has 0 aromatic heterocycles. The number of nitrogens with one attached hydrogen (secondary N) is 1. The van der Waals surface area contributed by atoms with Crippen LogP contribution in [-0.4, -0.2) is 81.7 Å². The number of fused-ring (bicyclic) bond motifs is 1. The first-order valence-electron chi connectivity index (χ1n) is 13.2. The number of nitrogens with zero attached hydrogens (tertiary/aromatic N) is 2. The highest BCUT2D eigenvalue weighted by Gasteiger charge is 2.47. The third-order valence-electron chi connectivity index (χ3n) is 7.26. The number of amides is 3. The van der Waals surface area contributed by atoms with Crippen LogP contribution < -0.4 is 14.4 Å². The van der Waals surface area contributed by atoms with Crippen LogP contribution in [0.4, 0.5) is 5.69 Å². The van der Waals surface area contributed by atoms with Gasteiger partial charge in [0, 0.05) is 19.6 Å². The Morgan fingerprint density at radius 2 is 1.62 bits per heavy atom. The molecule has 2 saturated heterocycles. The second kappa shape index (κ2) is 11.9. The number of sulfonamides is 1. The number of anilines is 1. The summed E-state index contributed by atoms with van der Waals surface area (Å²) >= 11 is 0. The fraction of sp³-hybridized carbons (Fsp3) is 0.393. The van der Waals surface area contributed by atoms with Crippen LogP contribution in [0.2, 0.25) is 0 Å². The highest BCUT2D eigenvalue weighted by molar-refractivity contribution is 7.89. The van der Waals surface area contributed by atoms with Crippen molar-refractivity contribution in [3.05, 3.63) is 66.2 Å².